The molecule has 1 N–H and O–H groups in total. The molecule has 0 aliphatic heterocycles. The fourth-order valence-electron chi connectivity index (χ4n) is 2.17. The highest BCUT2D eigenvalue weighted by molar-refractivity contribution is 5.70. The molecule has 0 atom stereocenters. The minimum absolute atomic E-state index is 0.0919. The predicted octanol–water partition coefficient (Wildman–Crippen LogP) is 5.77. The van der Waals surface area contributed by atoms with Crippen LogP contribution in [-0.2, 0) is 5.41 Å². The zero-order chi connectivity index (χ0) is 18.2. The monoisotopic (exact) mass is 329 g/mol. The lowest BCUT2D eigenvalue weighted by Gasteiger charge is -2.18. The van der Waals surface area contributed by atoms with E-state index in [9.17, 15) is 4.79 Å². The van der Waals surface area contributed by atoms with E-state index >= 15 is 0 Å². The maximum atomic E-state index is 11.8. The van der Waals surface area contributed by atoms with Gasteiger partial charge in [-0.25, -0.2) is 4.79 Å². The van der Waals surface area contributed by atoms with E-state index in [1.807, 2.05) is 30.3 Å². The molecule has 3 heteroatoms. The molecule has 1 amide bonds. The first-order valence-electron chi connectivity index (χ1n) is 8.53. The molecule has 0 unspecified atom stereocenters. The van der Waals surface area contributed by atoms with Crippen molar-refractivity contribution in [1.82, 2.24) is 5.32 Å². The minimum atomic E-state index is -0.424. The molecule has 132 valence electrons. The fourth-order valence-corrected chi connectivity index (χ4v) is 2.17. The number of ether oxygens (including phenoxy) is 1. The largest absolute Gasteiger partial charge is 0.412 e. The van der Waals surface area contributed by atoms with Crippen molar-refractivity contribution in [3.8, 4) is 5.75 Å². The highest BCUT2D eigenvalue weighted by atomic mass is 16.5. The lowest BCUT2D eigenvalue weighted by Crippen LogP contribution is -2.27. The molecule has 24 heavy (non-hydrogen) atoms. The van der Waals surface area contributed by atoms with Crippen LogP contribution in [0.25, 0.3) is 0 Å². The van der Waals surface area contributed by atoms with Crippen molar-refractivity contribution in [2.24, 2.45) is 0 Å². The number of hydrogen-bond donors (Lipinski definition) is 1. The predicted molar refractivity (Wildman–Crippen MR) is 102 cm³/mol. The van der Waals surface area contributed by atoms with Crippen LogP contribution in [0, 0.1) is 0 Å². The SMILES string of the molecule is CC(C)=CCC/C(C)=C/CNC(=O)Oc1ccc(C(C)(C)C)cc1. The maximum absolute atomic E-state index is 11.8. The topological polar surface area (TPSA) is 38.3 Å². The van der Waals surface area contributed by atoms with Crippen molar-refractivity contribution in [3.05, 3.63) is 53.1 Å². The highest BCUT2D eigenvalue weighted by Crippen LogP contribution is 2.24. The van der Waals surface area contributed by atoms with Gasteiger partial charge in [-0.05, 0) is 56.7 Å². The van der Waals surface area contributed by atoms with E-state index in [1.54, 1.807) is 0 Å². The van der Waals surface area contributed by atoms with Crippen LogP contribution in [0.2, 0.25) is 0 Å². The van der Waals surface area contributed by atoms with Gasteiger partial charge >= 0.3 is 6.09 Å². The molecule has 0 fully saturated rings. The number of rotatable bonds is 6. The lowest BCUT2D eigenvalue weighted by atomic mass is 9.87. The van der Waals surface area contributed by atoms with Gasteiger partial charge in [-0.1, -0.05) is 56.2 Å². The van der Waals surface area contributed by atoms with Crippen LogP contribution in [-0.4, -0.2) is 12.6 Å². The van der Waals surface area contributed by atoms with Gasteiger partial charge in [0.1, 0.15) is 5.75 Å². The number of hydrogen-bond acceptors (Lipinski definition) is 2. The van der Waals surface area contributed by atoms with Crippen LogP contribution in [0.15, 0.2) is 47.6 Å². The van der Waals surface area contributed by atoms with Gasteiger partial charge in [-0.2, -0.15) is 0 Å². The Morgan fingerprint density at radius 1 is 1.08 bits per heavy atom. The summed E-state index contributed by atoms with van der Waals surface area (Å²) in [5.74, 6) is 0.560. The van der Waals surface area contributed by atoms with Gasteiger partial charge < -0.3 is 10.1 Å². The number of nitrogens with one attached hydrogen (secondary N) is 1. The fraction of sp³-hybridized carbons (Fsp3) is 0.476. The minimum Gasteiger partial charge on any atom is -0.410 e. The van der Waals surface area contributed by atoms with Crippen LogP contribution in [0.5, 0.6) is 5.75 Å². The Kier molecular flexibility index (Phi) is 7.76. The molecule has 0 heterocycles. The number of allylic oxidation sites excluding steroid dienone is 3. The Balaban J connectivity index is 2.40. The Labute approximate surface area is 146 Å². The maximum Gasteiger partial charge on any atom is 0.412 e. The summed E-state index contributed by atoms with van der Waals surface area (Å²) in [5.41, 5.74) is 3.91. The van der Waals surface area contributed by atoms with Crippen molar-refractivity contribution in [2.75, 3.05) is 6.54 Å². The number of carbonyl (C=O) groups is 1. The van der Waals surface area contributed by atoms with Crippen molar-refractivity contribution in [2.45, 2.75) is 59.8 Å². The zero-order valence-electron chi connectivity index (χ0n) is 15.9. The molecule has 0 spiro atoms. The number of carbonyl (C=O) groups excluding carboxylic acids is 1. The summed E-state index contributed by atoms with van der Waals surface area (Å²) in [7, 11) is 0. The molecular formula is C21H31NO2. The zero-order valence-corrected chi connectivity index (χ0v) is 15.9. The summed E-state index contributed by atoms with van der Waals surface area (Å²) in [6.07, 6.45) is 5.88. The highest BCUT2D eigenvalue weighted by Gasteiger charge is 2.13. The van der Waals surface area contributed by atoms with Crippen LogP contribution in [0.1, 0.15) is 59.9 Å². The van der Waals surface area contributed by atoms with E-state index in [2.05, 4.69) is 52.9 Å². The smallest absolute Gasteiger partial charge is 0.410 e. The summed E-state index contributed by atoms with van der Waals surface area (Å²) >= 11 is 0. The third-order valence-corrected chi connectivity index (χ3v) is 3.72. The second-order valence-electron chi connectivity index (χ2n) is 7.42. The second kappa shape index (κ2) is 9.31. The molecule has 1 aromatic rings. The summed E-state index contributed by atoms with van der Waals surface area (Å²) in [6.45, 7) is 13.2. The van der Waals surface area contributed by atoms with Gasteiger partial charge in [0, 0.05) is 6.54 Å². The molecular weight excluding hydrogens is 298 g/mol. The van der Waals surface area contributed by atoms with Crippen LogP contribution in [0.4, 0.5) is 4.79 Å². The summed E-state index contributed by atoms with van der Waals surface area (Å²) in [4.78, 5) is 11.8. The van der Waals surface area contributed by atoms with Crippen LogP contribution in [0.3, 0.4) is 0 Å². The Bertz CT molecular complexity index is 585. The second-order valence-corrected chi connectivity index (χ2v) is 7.42. The van der Waals surface area contributed by atoms with E-state index in [1.165, 1.54) is 16.7 Å². The van der Waals surface area contributed by atoms with E-state index in [0.717, 1.165) is 12.8 Å². The summed E-state index contributed by atoms with van der Waals surface area (Å²) < 4.78 is 5.29. The lowest BCUT2D eigenvalue weighted by molar-refractivity contribution is 0.201. The third-order valence-electron chi connectivity index (χ3n) is 3.72. The van der Waals surface area contributed by atoms with E-state index in [0.29, 0.717) is 12.3 Å². The van der Waals surface area contributed by atoms with Gasteiger partial charge in [-0.15, -0.1) is 0 Å². The Hall–Kier alpha value is -2.03. The molecule has 0 saturated heterocycles. The van der Waals surface area contributed by atoms with Crippen molar-refractivity contribution < 1.29 is 9.53 Å². The summed E-state index contributed by atoms with van der Waals surface area (Å²) in [5, 5.41) is 2.75. The van der Waals surface area contributed by atoms with Crippen molar-refractivity contribution in [3.63, 3.8) is 0 Å². The van der Waals surface area contributed by atoms with Gasteiger partial charge in [0.05, 0.1) is 0 Å². The van der Waals surface area contributed by atoms with Crippen LogP contribution >= 0.6 is 0 Å². The molecule has 0 radical (unpaired) electrons. The van der Waals surface area contributed by atoms with Gasteiger partial charge in [0.25, 0.3) is 0 Å². The molecule has 1 rings (SSSR count). The van der Waals surface area contributed by atoms with Crippen molar-refractivity contribution >= 4 is 6.09 Å². The molecule has 0 saturated carbocycles. The van der Waals surface area contributed by atoms with Crippen LogP contribution < -0.4 is 10.1 Å². The Morgan fingerprint density at radius 3 is 2.25 bits per heavy atom. The summed E-state index contributed by atoms with van der Waals surface area (Å²) in [6, 6.07) is 7.66. The quantitative estimate of drug-likeness (QED) is 0.673. The van der Waals surface area contributed by atoms with E-state index < -0.39 is 6.09 Å². The van der Waals surface area contributed by atoms with Crippen molar-refractivity contribution in [1.29, 1.82) is 0 Å². The Morgan fingerprint density at radius 2 is 1.71 bits per heavy atom. The number of benzene rings is 1. The van der Waals surface area contributed by atoms with Gasteiger partial charge in [0.15, 0.2) is 0 Å². The van der Waals surface area contributed by atoms with E-state index in [-0.39, 0.29) is 5.41 Å². The van der Waals surface area contributed by atoms with Gasteiger partial charge in [0.2, 0.25) is 0 Å². The molecule has 0 aromatic heterocycles. The average molecular weight is 329 g/mol. The molecule has 0 aliphatic rings. The standard InChI is InChI=1S/C21H31NO2/c1-16(2)8-7-9-17(3)14-15-22-20(23)24-19-12-10-18(11-13-19)21(4,5)6/h8,10-14H,7,9,15H2,1-6H3,(H,22,23)/b17-14+. The normalized spacial score (nSPS) is 11.8. The molecule has 1 aromatic carbocycles. The molecule has 0 aliphatic carbocycles. The first-order chi connectivity index (χ1) is 11.2. The molecule has 0 bridgehead atoms. The molecule has 3 nitrogen and oxygen atoms in total. The number of amides is 1. The average Bonchev–Trinajstić information content (AvgIpc) is 2.46. The first-order valence-corrected chi connectivity index (χ1v) is 8.53. The third kappa shape index (κ3) is 8.00. The van der Waals surface area contributed by atoms with Gasteiger partial charge in [-0.3, -0.25) is 0 Å². The van der Waals surface area contributed by atoms with E-state index in [4.69, 9.17) is 4.74 Å². The first kappa shape index (κ1) is 20.0.